The SMILES string of the molecule is CCO[C@@H]1C[C@@H]2CN(C(=O)[C@@H](NC(=O)[C@H](C)N(C)C(=O)OC(C)(C)C)C3CCCCC3)[C@H](C(=O)NC(c3ccccc3)C(F)(F)F)CN2C1. The van der Waals surface area contributed by atoms with E-state index in [-0.39, 0.29) is 36.7 Å². The minimum Gasteiger partial charge on any atom is -0.444 e. The summed E-state index contributed by atoms with van der Waals surface area (Å²) in [6.45, 7) is 9.63. The van der Waals surface area contributed by atoms with Gasteiger partial charge in [0.15, 0.2) is 6.04 Å². The third-order valence-electron chi connectivity index (χ3n) is 9.74. The van der Waals surface area contributed by atoms with Crippen molar-refractivity contribution in [2.45, 2.75) is 121 Å². The summed E-state index contributed by atoms with van der Waals surface area (Å²) in [4.78, 5) is 59.5. The molecule has 4 rings (SSSR count). The van der Waals surface area contributed by atoms with E-state index in [1.807, 2.05) is 11.8 Å². The van der Waals surface area contributed by atoms with Crippen LogP contribution in [0.25, 0.3) is 0 Å². The van der Waals surface area contributed by atoms with Gasteiger partial charge in [0.25, 0.3) is 0 Å². The maximum absolute atomic E-state index is 14.7. The lowest BCUT2D eigenvalue weighted by atomic mass is 9.82. The number of nitrogens with zero attached hydrogens (tertiary/aromatic N) is 3. The van der Waals surface area contributed by atoms with Crippen LogP contribution in [-0.2, 0) is 23.9 Å². The molecule has 3 fully saturated rings. The number of fused-ring (bicyclic) bond motifs is 1. The number of nitrogens with one attached hydrogen (secondary N) is 2. The van der Waals surface area contributed by atoms with Crippen LogP contribution in [0, 0.1) is 5.92 Å². The Kier molecular flexibility index (Phi) is 12.6. The zero-order valence-corrected chi connectivity index (χ0v) is 29.4. The highest BCUT2D eigenvalue weighted by molar-refractivity contribution is 5.94. The van der Waals surface area contributed by atoms with E-state index in [0.717, 1.165) is 24.2 Å². The van der Waals surface area contributed by atoms with Crippen molar-refractivity contribution in [1.82, 2.24) is 25.3 Å². The summed E-state index contributed by atoms with van der Waals surface area (Å²) < 4.78 is 54.3. The van der Waals surface area contributed by atoms with Gasteiger partial charge in [0.2, 0.25) is 17.7 Å². The molecule has 14 heteroatoms. The molecule has 11 nitrogen and oxygen atoms in total. The van der Waals surface area contributed by atoms with Crippen LogP contribution in [0.5, 0.6) is 0 Å². The first kappa shape index (κ1) is 38.4. The Morgan fingerprint density at radius 1 is 0.980 bits per heavy atom. The lowest BCUT2D eigenvalue weighted by molar-refractivity contribution is -0.167. The Balaban J connectivity index is 1.63. The predicted molar refractivity (Wildman–Crippen MR) is 176 cm³/mol. The molecular weight excluding hydrogens is 643 g/mol. The van der Waals surface area contributed by atoms with Crippen LogP contribution in [0.15, 0.2) is 30.3 Å². The molecule has 0 spiro atoms. The van der Waals surface area contributed by atoms with E-state index in [2.05, 4.69) is 10.6 Å². The number of piperazine rings is 1. The third-order valence-corrected chi connectivity index (χ3v) is 9.74. The van der Waals surface area contributed by atoms with Gasteiger partial charge in [-0.25, -0.2) is 4.79 Å². The van der Waals surface area contributed by atoms with E-state index >= 15 is 0 Å². The molecule has 1 unspecified atom stereocenters. The number of carbonyl (C=O) groups is 4. The average molecular weight is 696 g/mol. The van der Waals surface area contributed by atoms with E-state index in [0.29, 0.717) is 32.4 Å². The van der Waals surface area contributed by atoms with Crippen LogP contribution >= 0.6 is 0 Å². The maximum Gasteiger partial charge on any atom is 0.412 e. The molecule has 1 aromatic rings. The fourth-order valence-corrected chi connectivity index (χ4v) is 7.06. The summed E-state index contributed by atoms with van der Waals surface area (Å²) in [6.07, 6.45) is -1.05. The highest BCUT2D eigenvalue weighted by Gasteiger charge is 2.49. The molecule has 0 bridgehead atoms. The smallest absolute Gasteiger partial charge is 0.412 e. The van der Waals surface area contributed by atoms with Gasteiger partial charge in [0.05, 0.1) is 6.10 Å². The normalized spacial score (nSPS) is 23.9. The van der Waals surface area contributed by atoms with Crippen LogP contribution in [-0.4, -0.2) is 114 Å². The van der Waals surface area contributed by atoms with Crippen LogP contribution in [0.1, 0.15) is 84.7 Å². The number of likely N-dealkylation sites (N-methyl/N-ethyl adjacent to an activating group) is 1. The van der Waals surface area contributed by atoms with Crippen molar-refractivity contribution in [2.75, 3.05) is 33.3 Å². The van der Waals surface area contributed by atoms with E-state index in [9.17, 15) is 32.3 Å². The number of hydrogen-bond donors (Lipinski definition) is 2. The first-order valence-corrected chi connectivity index (χ1v) is 17.3. The molecule has 0 radical (unpaired) electrons. The standard InChI is InChI=1S/C35H52F3N5O6/c1-7-48-26-18-25-19-43(27(21-42(25)20-26)31(45)40-29(35(36,37)38)24-16-12-9-13-17-24)32(46)28(23-14-10-8-11-15-23)39-30(44)22(2)41(6)33(47)49-34(3,4)5/h9,12-13,16-17,22-23,25-29H,7-8,10-11,14-15,18-21H2,1-6H3,(H,39,44)(H,40,45)/t22-,25+,26+,27-,28-,29?/m0/s1. The predicted octanol–water partition coefficient (Wildman–Crippen LogP) is 4.42. The van der Waals surface area contributed by atoms with Gasteiger partial charge in [-0.3, -0.25) is 24.2 Å². The van der Waals surface area contributed by atoms with E-state index in [4.69, 9.17) is 9.47 Å². The number of carbonyl (C=O) groups excluding carboxylic acids is 4. The van der Waals surface area contributed by atoms with E-state index < -0.39 is 59.8 Å². The van der Waals surface area contributed by atoms with Crippen LogP contribution < -0.4 is 10.6 Å². The molecule has 1 saturated carbocycles. The molecule has 2 heterocycles. The Labute approximate surface area is 287 Å². The minimum atomic E-state index is -4.79. The number of alkyl halides is 3. The molecule has 1 aliphatic carbocycles. The first-order valence-electron chi connectivity index (χ1n) is 17.3. The van der Waals surface area contributed by atoms with Crippen molar-refractivity contribution in [2.24, 2.45) is 5.92 Å². The molecule has 49 heavy (non-hydrogen) atoms. The lowest BCUT2D eigenvalue weighted by Crippen LogP contribution is -2.67. The van der Waals surface area contributed by atoms with Crippen LogP contribution in [0.2, 0.25) is 0 Å². The molecule has 2 N–H and O–H groups in total. The van der Waals surface area contributed by atoms with Gasteiger partial charge in [0.1, 0.15) is 23.7 Å². The number of hydrogen-bond acceptors (Lipinski definition) is 7. The molecule has 6 atom stereocenters. The van der Waals surface area contributed by atoms with E-state index in [1.54, 1.807) is 26.8 Å². The van der Waals surface area contributed by atoms with Gasteiger partial charge in [0, 0.05) is 39.3 Å². The quantitative estimate of drug-likeness (QED) is 0.372. The molecule has 0 aromatic heterocycles. The van der Waals surface area contributed by atoms with Crippen LogP contribution in [0.4, 0.5) is 18.0 Å². The molecule has 1 aromatic carbocycles. The van der Waals surface area contributed by atoms with Gasteiger partial charge in [-0.15, -0.1) is 0 Å². The largest absolute Gasteiger partial charge is 0.444 e. The maximum atomic E-state index is 14.7. The first-order chi connectivity index (χ1) is 23.0. The topological polar surface area (TPSA) is 121 Å². The van der Waals surface area contributed by atoms with Gasteiger partial charge in [-0.1, -0.05) is 49.6 Å². The van der Waals surface area contributed by atoms with Crippen LogP contribution in [0.3, 0.4) is 0 Å². The highest BCUT2D eigenvalue weighted by atomic mass is 19.4. The van der Waals surface area contributed by atoms with Crippen molar-refractivity contribution in [3.63, 3.8) is 0 Å². The second-order valence-corrected chi connectivity index (χ2v) is 14.5. The molecule has 3 aliphatic rings. The van der Waals surface area contributed by atoms with Crippen molar-refractivity contribution in [1.29, 1.82) is 0 Å². The molecule has 4 amide bonds. The third kappa shape index (κ3) is 9.87. The number of rotatable bonds is 10. The number of ether oxygens (including phenoxy) is 2. The number of benzene rings is 1. The summed E-state index contributed by atoms with van der Waals surface area (Å²) in [6, 6.07) is 1.41. The van der Waals surface area contributed by atoms with Gasteiger partial charge >= 0.3 is 12.3 Å². The second kappa shape index (κ2) is 16.1. The summed E-state index contributed by atoms with van der Waals surface area (Å²) in [5.41, 5.74) is -0.907. The van der Waals surface area contributed by atoms with Gasteiger partial charge in [-0.05, 0) is 65.4 Å². The molecular formula is C35H52F3N5O6. The zero-order valence-electron chi connectivity index (χ0n) is 29.4. The fraction of sp³-hybridized carbons (Fsp3) is 0.714. The molecule has 2 saturated heterocycles. The molecule has 2 aliphatic heterocycles. The zero-order chi connectivity index (χ0) is 36.1. The Morgan fingerprint density at radius 3 is 2.22 bits per heavy atom. The Bertz CT molecular complexity index is 1300. The minimum absolute atomic E-state index is 0.0221. The Hall–Kier alpha value is -3.39. The molecule has 274 valence electrons. The van der Waals surface area contributed by atoms with E-state index in [1.165, 1.54) is 43.1 Å². The summed E-state index contributed by atoms with van der Waals surface area (Å²) >= 11 is 0. The second-order valence-electron chi connectivity index (χ2n) is 14.5. The van der Waals surface area contributed by atoms with Crippen molar-refractivity contribution >= 4 is 23.8 Å². The highest BCUT2D eigenvalue weighted by Crippen LogP contribution is 2.35. The average Bonchev–Trinajstić information content (AvgIpc) is 3.45. The lowest BCUT2D eigenvalue weighted by Gasteiger charge is -2.45. The number of halogens is 3. The Morgan fingerprint density at radius 2 is 1.63 bits per heavy atom. The summed E-state index contributed by atoms with van der Waals surface area (Å²) in [5.74, 6) is -2.27. The van der Waals surface area contributed by atoms with Crippen molar-refractivity contribution < 1.29 is 41.8 Å². The van der Waals surface area contributed by atoms with Gasteiger partial charge in [-0.2, -0.15) is 13.2 Å². The van der Waals surface area contributed by atoms with Gasteiger partial charge < -0.3 is 25.0 Å². The fourth-order valence-electron chi connectivity index (χ4n) is 7.06. The summed E-state index contributed by atoms with van der Waals surface area (Å²) in [5, 5.41) is 5.10. The monoisotopic (exact) mass is 695 g/mol. The number of amides is 4. The van der Waals surface area contributed by atoms with Crippen molar-refractivity contribution in [3.8, 4) is 0 Å². The summed E-state index contributed by atoms with van der Waals surface area (Å²) in [7, 11) is 1.44. The van der Waals surface area contributed by atoms with Crippen molar-refractivity contribution in [3.05, 3.63) is 35.9 Å².